The average molecular weight is 461 g/mol. The number of aliphatic hydroxyl groups is 2. The molecule has 0 saturated carbocycles. The van der Waals surface area contributed by atoms with Crippen molar-refractivity contribution in [2.75, 3.05) is 0 Å². The summed E-state index contributed by atoms with van der Waals surface area (Å²) in [5, 5.41) is 22.7. The van der Waals surface area contributed by atoms with E-state index in [0.29, 0.717) is 17.7 Å². The molecule has 2 heterocycles. The van der Waals surface area contributed by atoms with Crippen molar-refractivity contribution in [1.29, 1.82) is 0 Å². The average Bonchev–Trinajstić information content (AvgIpc) is 3.25. The zero-order valence-electron chi connectivity index (χ0n) is 19.5. The van der Waals surface area contributed by atoms with Crippen LogP contribution >= 0.6 is 0 Å². The maximum absolute atomic E-state index is 13.0. The molecule has 2 atom stereocenters. The molecular formula is C26H31F3N2O2. The molecule has 0 aliphatic heterocycles. The lowest BCUT2D eigenvalue weighted by molar-refractivity contribution is -0.141. The van der Waals surface area contributed by atoms with Crippen molar-refractivity contribution in [2.24, 2.45) is 5.41 Å². The van der Waals surface area contributed by atoms with Gasteiger partial charge >= 0.3 is 6.18 Å². The first-order chi connectivity index (χ1) is 15.4. The minimum Gasteiger partial charge on any atom is -0.388 e. The SMILES string of the molecule is CC(C)c1nc2c(c(C3=CCCC3)c1[C@H](O)c1ccc(C(F)(F)F)nc1)C(O)CC(C)(C)C2. The number of hydrogen-bond donors (Lipinski definition) is 2. The van der Waals surface area contributed by atoms with E-state index in [2.05, 4.69) is 24.9 Å². The third-order valence-corrected chi connectivity index (χ3v) is 6.68. The molecule has 0 saturated heterocycles. The summed E-state index contributed by atoms with van der Waals surface area (Å²) in [6.07, 6.45) is 0.810. The summed E-state index contributed by atoms with van der Waals surface area (Å²) >= 11 is 0. The zero-order chi connectivity index (χ0) is 24.1. The fourth-order valence-corrected chi connectivity index (χ4v) is 5.19. The van der Waals surface area contributed by atoms with E-state index in [1.54, 1.807) is 0 Å². The number of rotatable bonds is 4. The third kappa shape index (κ3) is 4.58. The summed E-state index contributed by atoms with van der Waals surface area (Å²) in [6.45, 7) is 8.21. The second kappa shape index (κ2) is 8.51. The normalized spacial score (nSPS) is 21.2. The Morgan fingerprint density at radius 3 is 2.45 bits per heavy atom. The van der Waals surface area contributed by atoms with Gasteiger partial charge in [0.2, 0.25) is 0 Å². The van der Waals surface area contributed by atoms with Crippen LogP contribution in [0.25, 0.3) is 5.57 Å². The second-order valence-corrected chi connectivity index (χ2v) is 10.4. The van der Waals surface area contributed by atoms with Gasteiger partial charge in [-0.05, 0) is 60.6 Å². The van der Waals surface area contributed by atoms with Gasteiger partial charge in [0.15, 0.2) is 0 Å². The van der Waals surface area contributed by atoms with Crippen molar-refractivity contribution >= 4 is 5.57 Å². The number of allylic oxidation sites excluding steroid dienone is 2. The Kier molecular flexibility index (Phi) is 6.16. The van der Waals surface area contributed by atoms with Crippen LogP contribution in [0.2, 0.25) is 0 Å². The van der Waals surface area contributed by atoms with Crippen LogP contribution in [0.1, 0.15) is 111 Å². The maximum atomic E-state index is 13.0. The lowest BCUT2D eigenvalue weighted by atomic mass is 9.71. The summed E-state index contributed by atoms with van der Waals surface area (Å²) in [7, 11) is 0. The van der Waals surface area contributed by atoms with Crippen molar-refractivity contribution in [2.45, 2.75) is 84.1 Å². The van der Waals surface area contributed by atoms with Gasteiger partial charge in [0.1, 0.15) is 11.8 Å². The molecule has 2 aliphatic carbocycles. The predicted octanol–water partition coefficient (Wildman–Crippen LogP) is 6.27. The van der Waals surface area contributed by atoms with E-state index in [1.807, 2.05) is 13.8 Å². The molecule has 33 heavy (non-hydrogen) atoms. The van der Waals surface area contributed by atoms with Crippen molar-refractivity contribution in [3.05, 3.63) is 63.7 Å². The van der Waals surface area contributed by atoms with Crippen LogP contribution in [0.3, 0.4) is 0 Å². The molecule has 2 N–H and O–H groups in total. The van der Waals surface area contributed by atoms with Gasteiger partial charge in [-0.25, -0.2) is 0 Å². The smallest absolute Gasteiger partial charge is 0.388 e. The standard InChI is InChI=1S/C26H31F3N2O2/c1-14(2)23-22(24(33)16-9-10-19(30-13-16)26(27,28)29)20(15-7-5-6-8-15)21-17(31-23)11-25(3,4)12-18(21)32/h7,9-10,13-14,18,24,32-33H,5-6,8,11-12H2,1-4H3/t18?,24-/m1/s1. The highest BCUT2D eigenvalue weighted by Crippen LogP contribution is 2.48. The van der Waals surface area contributed by atoms with Crippen molar-refractivity contribution in [3.8, 4) is 0 Å². The van der Waals surface area contributed by atoms with Crippen molar-refractivity contribution < 1.29 is 23.4 Å². The number of aromatic nitrogens is 2. The van der Waals surface area contributed by atoms with Crippen LogP contribution in [0, 0.1) is 5.41 Å². The Hall–Kier alpha value is -2.25. The van der Waals surface area contributed by atoms with E-state index < -0.39 is 24.1 Å². The molecule has 4 rings (SSSR count). The van der Waals surface area contributed by atoms with Gasteiger partial charge in [0.25, 0.3) is 0 Å². The Balaban J connectivity index is 1.94. The Morgan fingerprint density at radius 2 is 1.91 bits per heavy atom. The Bertz CT molecular complexity index is 1070. The second-order valence-electron chi connectivity index (χ2n) is 10.4. The Morgan fingerprint density at radius 1 is 1.18 bits per heavy atom. The van der Waals surface area contributed by atoms with E-state index in [1.165, 1.54) is 6.07 Å². The third-order valence-electron chi connectivity index (χ3n) is 6.68. The van der Waals surface area contributed by atoms with E-state index in [-0.39, 0.29) is 16.9 Å². The fourth-order valence-electron chi connectivity index (χ4n) is 5.19. The molecule has 2 aliphatic rings. The van der Waals surface area contributed by atoms with Gasteiger partial charge in [-0.3, -0.25) is 9.97 Å². The molecular weight excluding hydrogens is 429 g/mol. The minimum atomic E-state index is -4.54. The number of nitrogens with zero attached hydrogens (tertiary/aromatic N) is 2. The van der Waals surface area contributed by atoms with Crippen molar-refractivity contribution in [3.63, 3.8) is 0 Å². The molecule has 0 radical (unpaired) electrons. The molecule has 0 bridgehead atoms. The number of hydrogen-bond acceptors (Lipinski definition) is 4. The van der Waals surface area contributed by atoms with Gasteiger partial charge in [-0.15, -0.1) is 0 Å². The monoisotopic (exact) mass is 460 g/mol. The molecule has 0 spiro atoms. The van der Waals surface area contributed by atoms with Crippen LogP contribution in [-0.2, 0) is 12.6 Å². The number of pyridine rings is 2. The highest BCUT2D eigenvalue weighted by Gasteiger charge is 2.38. The van der Waals surface area contributed by atoms with E-state index in [0.717, 1.165) is 60.3 Å². The largest absolute Gasteiger partial charge is 0.433 e. The van der Waals surface area contributed by atoms with E-state index in [9.17, 15) is 23.4 Å². The maximum Gasteiger partial charge on any atom is 0.433 e. The predicted molar refractivity (Wildman–Crippen MR) is 121 cm³/mol. The number of alkyl halides is 3. The van der Waals surface area contributed by atoms with Crippen LogP contribution in [0.5, 0.6) is 0 Å². The Labute approximate surface area is 192 Å². The van der Waals surface area contributed by atoms with Gasteiger partial charge in [0.05, 0.1) is 6.10 Å². The summed E-state index contributed by atoms with van der Waals surface area (Å²) in [6, 6.07) is 2.17. The number of aliphatic hydroxyl groups excluding tert-OH is 2. The molecule has 0 aromatic carbocycles. The lowest BCUT2D eigenvalue weighted by Crippen LogP contribution is -2.29. The van der Waals surface area contributed by atoms with Gasteiger partial charge in [-0.2, -0.15) is 13.2 Å². The van der Waals surface area contributed by atoms with Gasteiger partial charge < -0.3 is 10.2 Å². The highest BCUT2D eigenvalue weighted by atomic mass is 19.4. The first kappa shape index (κ1) is 23.9. The molecule has 1 unspecified atom stereocenters. The molecule has 178 valence electrons. The number of fused-ring (bicyclic) bond motifs is 1. The van der Waals surface area contributed by atoms with Gasteiger partial charge in [-0.1, -0.05) is 39.8 Å². The molecule has 0 amide bonds. The van der Waals surface area contributed by atoms with E-state index in [4.69, 9.17) is 4.98 Å². The fraction of sp³-hybridized carbons (Fsp3) is 0.538. The summed E-state index contributed by atoms with van der Waals surface area (Å²) in [5.74, 6) is -0.0229. The first-order valence-electron chi connectivity index (χ1n) is 11.5. The van der Waals surface area contributed by atoms with Crippen LogP contribution < -0.4 is 0 Å². The summed E-state index contributed by atoms with van der Waals surface area (Å²) in [5.41, 5.74) is 3.99. The minimum absolute atomic E-state index is 0.0229. The van der Waals surface area contributed by atoms with Crippen molar-refractivity contribution in [1.82, 2.24) is 9.97 Å². The van der Waals surface area contributed by atoms with E-state index >= 15 is 0 Å². The highest BCUT2D eigenvalue weighted by molar-refractivity contribution is 5.75. The topological polar surface area (TPSA) is 66.2 Å². The van der Waals surface area contributed by atoms with Crippen LogP contribution in [-0.4, -0.2) is 20.2 Å². The quantitative estimate of drug-likeness (QED) is 0.564. The number of halogens is 3. The lowest BCUT2D eigenvalue weighted by Gasteiger charge is -2.37. The molecule has 2 aromatic heterocycles. The molecule has 7 heteroatoms. The molecule has 0 fully saturated rings. The zero-order valence-corrected chi connectivity index (χ0v) is 19.5. The van der Waals surface area contributed by atoms with Crippen LogP contribution in [0.15, 0.2) is 24.4 Å². The van der Waals surface area contributed by atoms with Crippen LogP contribution in [0.4, 0.5) is 13.2 Å². The molecule has 2 aromatic rings. The first-order valence-corrected chi connectivity index (χ1v) is 11.5. The molecule has 4 nitrogen and oxygen atoms in total. The van der Waals surface area contributed by atoms with Gasteiger partial charge in [0, 0.05) is 34.3 Å². The summed E-state index contributed by atoms with van der Waals surface area (Å²) < 4.78 is 39.0. The summed E-state index contributed by atoms with van der Waals surface area (Å²) in [4.78, 5) is 8.50.